The number of hydrogen-bond acceptors (Lipinski definition) is 30. The topological polar surface area (TPSA) is 212 Å². The number of methoxy groups -OCH3 is 5. The number of likely N-dealkylation sites (N-methyl/N-ethyl adjacent to an activating group) is 2. The highest BCUT2D eigenvalue weighted by molar-refractivity contribution is 5.95. The summed E-state index contributed by atoms with van der Waals surface area (Å²) in [7, 11) is 18.8. The summed E-state index contributed by atoms with van der Waals surface area (Å²) in [5.41, 5.74) is 14.1. The number of ether oxygens (including phenoxy) is 5. The van der Waals surface area contributed by atoms with Crippen LogP contribution in [0.1, 0.15) is 59.9 Å². The van der Waals surface area contributed by atoms with Crippen molar-refractivity contribution in [1.29, 1.82) is 0 Å². The number of aryl methyl sites for hydroxylation is 1. The molecule has 0 radical (unpaired) electrons. The first-order valence-corrected chi connectivity index (χ1v) is 32.7. The van der Waals surface area contributed by atoms with Gasteiger partial charge in [0.2, 0.25) is 0 Å². The van der Waals surface area contributed by atoms with Crippen LogP contribution in [0.5, 0.6) is 5.75 Å². The molecular formula is C68H94N20O10. The highest BCUT2D eigenvalue weighted by Crippen LogP contribution is 2.44. The Morgan fingerprint density at radius 3 is 1.21 bits per heavy atom. The van der Waals surface area contributed by atoms with Crippen LogP contribution in [0.2, 0.25) is 0 Å². The van der Waals surface area contributed by atoms with Crippen molar-refractivity contribution in [3.8, 4) is 5.75 Å². The fraction of sp³-hybridized carbons (Fsp3) is 0.471. The van der Waals surface area contributed by atoms with Crippen molar-refractivity contribution in [2.45, 2.75) is 61.3 Å². The second-order valence-corrected chi connectivity index (χ2v) is 24.2. The van der Waals surface area contributed by atoms with Gasteiger partial charge in [0, 0.05) is 64.6 Å². The minimum atomic E-state index is 0.601. The maximum atomic E-state index is 5.59. The van der Waals surface area contributed by atoms with E-state index in [0.717, 1.165) is 179 Å². The Balaban J connectivity index is 0.000000124. The van der Waals surface area contributed by atoms with E-state index in [1.54, 1.807) is 109 Å². The van der Waals surface area contributed by atoms with Gasteiger partial charge < -0.3 is 67.8 Å². The van der Waals surface area contributed by atoms with Gasteiger partial charge in [-0.2, -0.15) is 0 Å². The molecule has 15 rings (SSSR count). The summed E-state index contributed by atoms with van der Waals surface area (Å²) >= 11 is 0. The van der Waals surface area contributed by atoms with Gasteiger partial charge in [0.25, 0.3) is 0 Å². The molecule has 98 heavy (non-hydrogen) atoms. The molecule has 1 aromatic rings. The minimum Gasteiger partial charge on any atom is -0.495 e. The van der Waals surface area contributed by atoms with Gasteiger partial charge in [-0.3, -0.25) is 24.2 Å². The third kappa shape index (κ3) is 13.2. The quantitative estimate of drug-likeness (QED) is 0.166. The van der Waals surface area contributed by atoms with Crippen molar-refractivity contribution < 1.29 is 47.9 Å². The third-order valence-electron chi connectivity index (χ3n) is 18.0. The summed E-state index contributed by atoms with van der Waals surface area (Å²) in [4.78, 5) is 73.7. The van der Waals surface area contributed by atoms with Crippen molar-refractivity contribution in [1.82, 2.24) is 69.5 Å². The number of aromatic nitrogens is 1. The number of anilines is 1. The molecule has 0 spiro atoms. The molecule has 0 bridgehead atoms. The van der Waals surface area contributed by atoms with Crippen LogP contribution in [-0.4, -0.2) is 258 Å². The molecule has 526 valence electrons. The van der Waals surface area contributed by atoms with E-state index in [1.165, 1.54) is 16.7 Å². The summed E-state index contributed by atoms with van der Waals surface area (Å²) in [5, 5.41) is 8.90. The van der Waals surface area contributed by atoms with E-state index in [2.05, 4.69) is 124 Å². The molecule has 0 N–H and O–H groups in total. The van der Waals surface area contributed by atoms with E-state index in [1.807, 2.05) is 67.7 Å². The fourth-order valence-corrected chi connectivity index (χ4v) is 13.5. The number of pyridine rings is 1. The van der Waals surface area contributed by atoms with Crippen LogP contribution in [0.3, 0.4) is 0 Å². The summed E-state index contributed by atoms with van der Waals surface area (Å²) in [6, 6.07) is 0. The lowest BCUT2D eigenvalue weighted by atomic mass is 10.1. The Morgan fingerprint density at radius 2 is 0.786 bits per heavy atom. The van der Waals surface area contributed by atoms with Gasteiger partial charge >= 0.3 is 0 Å². The molecule has 0 aliphatic carbocycles. The lowest BCUT2D eigenvalue weighted by molar-refractivity contribution is -0.0972. The Hall–Kier alpha value is -9.88. The highest BCUT2D eigenvalue weighted by Gasteiger charge is 2.41. The molecule has 30 heteroatoms. The third-order valence-corrected chi connectivity index (χ3v) is 18.0. The maximum absolute atomic E-state index is 5.59. The number of hydroxylamine groups is 10. The molecule has 14 aliphatic rings. The summed E-state index contributed by atoms with van der Waals surface area (Å²) in [6.07, 6.45) is 25.0. The first-order valence-electron chi connectivity index (χ1n) is 32.7. The molecule has 0 atom stereocenters. The van der Waals surface area contributed by atoms with Crippen molar-refractivity contribution in [2.24, 2.45) is 25.0 Å². The van der Waals surface area contributed by atoms with Crippen LogP contribution >= 0.6 is 0 Å². The SMILES string of the molecule is CCCN1CC(C)=C(OC)C2=C1N1CN(OC)C=C1C=N2.CCCN1CC=C(OC)C2=C1N1CN(OC)C=C1C=N2.CCN1CC(C)=C(OC)C2=C1N1CN(OC)C=C1C=N2.COC1=C(C)CN(C)C2=C1N=CC1=CN(OC)CN12.COc1c(C)cnc2c1N=CC1=CN(OC)CN12. The maximum Gasteiger partial charge on any atom is 0.164 e. The van der Waals surface area contributed by atoms with Crippen LogP contribution in [-0.2, 0) is 43.1 Å². The number of nitrogens with zero attached hydrogens (tertiary/aromatic N) is 20. The van der Waals surface area contributed by atoms with E-state index < -0.39 is 0 Å². The van der Waals surface area contributed by atoms with Crippen molar-refractivity contribution >= 4 is 42.6 Å². The zero-order valence-corrected chi connectivity index (χ0v) is 59.9. The van der Waals surface area contributed by atoms with Crippen molar-refractivity contribution in [3.63, 3.8) is 0 Å². The number of aliphatic imine (C=N–C) groups is 5. The Bertz CT molecular complexity index is 3850. The summed E-state index contributed by atoms with van der Waals surface area (Å²) in [5.74, 6) is 9.46. The van der Waals surface area contributed by atoms with Crippen LogP contribution in [0.4, 0.5) is 11.5 Å². The van der Waals surface area contributed by atoms with Gasteiger partial charge in [0.15, 0.2) is 11.6 Å². The molecule has 1 aromatic heterocycles. The second-order valence-electron chi connectivity index (χ2n) is 24.2. The smallest absolute Gasteiger partial charge is 0.164 e. The monoisotopic (exact) mass is 1350 g/mol. The number of allylic oxidation sites excluding steroid dienone is 5. The molecular weight excluding hydrogens is 1260 g/mol. The van der Waals surface area contributed by atoms with Gasteiger partial charge in [-0.1, -0.05) is 13.8 Å². The predicted octanol–water partition coefficient (Wildman–Crippen LogP) is 7.49. The van der Waals surface area contributed by atoms with Gasteiger partial charge in [-0.05, 0) is 70.3 Å². The van der Waals surface area contributed by atoms with E-state index in [-0.39, 0.29) is 0 Å². The van der Waals surface area contributed by atoms with Gasteiger partial charge in [-0.15, -0.1) is 0 Å². The largest absolute Gasteiger partial charge is 0.495 e. The van der Waals surface area contributed by atoms with E-state index in [0.29, 0.717) is 33.3 Å². The highest BCUT2D eigenvalue weighted by atomic mass is 16.7. The normalized spacial score (nSPS) is 20.4. The first-order chi connectivity index (χ1) is 47.5. The van der Waals surface area contributed by atoms with Gasteiger partial charge in [-0.25, -0.2) is 55.3 Å². The molecule has 0 unspecified atom stereocenters. The minimum absolute atomic E-state index is 0.601. The predicted molar refractivity (Wildman–Crippen MR) is 372 cm³/mol. The molecule has 0 saturated carbocycles. The standard InChI is InChI=1S/C15H22N4O2.2C14H20N4O2.C13H18N4O2.C12H14N4O2/c1-5-6-17-8-11(2)14(20-3)13-15(17)19-10-18(21-4)9-12(19)7-16-13;1-5-16-7-10(2)13(19-3)12-14(16)18-9-17(20-4)8-11(18)6-15-12;1-4-6-16-7-5-12(19-2)13-14(16)18-10-17(20-3)9-11(18)8-15-13;1-9-6-15(2)13-11(12(9)18-3)14-5-10-7-16(19-4)8-17(10)13;1-8-4-14-12-10(11(8)17-2)13-5-9-6-15(18-3)7-16(9)12/h7,9H,5-6,8,10H2,1-4H3;6,8H,5,7,9H2,1-4H3;5,8-9H,4,6-7,10H2,1-3H3;5,7H,6,8H2,1-4H3;4-6H,7H2,1-3H3. The van der Waals surface area contributed by atoms with Crippen molar-refractivity contribution in [3.05, 3.63) is 163 Å². The molecule has 0 aromatic carbocycles. The van der Waals surface area contributed by atoms with Crippen molar-refractivity contribution in [2.75, 3.05) is 162 Å². The Kier molecular flexibility index (Phi) is 21.5. The van der Waals surface area contributed by atoms with E-state index in [4.69, 9.17) is 47.9 Å². The van der Waals surface area contributed by atoms with Crippen LogP contribution in [0.25, 0.3) is 0 Å². The molecule has 15 heterocycles. The zero-order valence-electron chi connectivity index (χ0n) is 59.9. The molecule has 0 saturated heterocycles. The van der Waals surface area contributed by atoms with Crippen LogP contribution < -0.4 is 9.64 Å². The summed E-state index contributed by atoms with van der Waals surface area (Å²) in [6.45, 7) is 24.4. The molecule has 30 nitrogen and oxygen atoms in total. The van der Waals surface area contributed by atoms with Crippen LogP contribution in [0, 0.1) is 6.92 Å². The number of rotatable bonds is 15. The fourth-order valence-electron chi connectivity index (χ4n) is 13.5. The van der Waals surface area contributed by atoms with Gasteiger partial charge in [0.1, 0.15) is 108 Å². The molecule has 0 amide bonds. The number of hydrogen-bond donors (Lipinski definition) is 0. The first kappa shape index (κ1) is 69.5. The van der Waals surface area contributed by atoms with E-state index >= 15 is 0 Å². The van der Waals surface area contributed by atoms with E-state index in [9.17, 15) is 0 Å². The lowest BCUT2D eigenvalue weighted by Crippen LogP contribution is -2.42. The summed E-state index contributed by atoms with van der Waals surface area (Å²) < 4.78 is 27.5. The second kappa shape index (κ2) is 30.3. The lowest BCUT2D eigenvalue weighted by Gasteiger charge is -2.40. The molecule has 14 aliphatic heterocycles. The zero-order chi connectivity index (χ0) is 69.6. The van der Waals surface area contributed by atoms with Gasteiger partial charge in [0.05, 0.1) is 162 Å². The number of fused-ring (bicyclic) bond motifs is 11. The Morgan fingerprint density at radius 1 is 0.408 bits per heavy atom. The Labute approximate surface area is 575 Å². The van der Waals surface area contributed by atoms with Crippen LogP contribution in [0.15, 0.2) is 183 Å². The molecule has 0 fully saturated rings. The average Bonchev–Trinajstić information content (AvgIpc) is 1.52. The average molecular weight is 1350 g/mol.